The molecule has 1 unspecified atom stereocenters. The monoisotopic (exact) mass is 652 g/mol. The molecule has 1 heterocycles. The van der Waals surface area contributed by atoms with Crippen molar-refractivity contribution in [3.63, 3.8) is 0 Å². The summed E-state index contributed by atoms with van der Waals surface area (Å²) in [6.45, 7) is 10.8. The predicted octanol–water partition coefficient (Wildman–Crippen LogP) is 12.8. The van der Waals surface area contributed by atoms with E-state index in [-0.39, 0.29) is 15.3 Å². The third-order valence-corrected chi connectivity index (χ3v) is 9.94. The molecular formula is C46H41N2P. The molecule has 0 spiro atoms. The van der Waals surface area contributed by atoms with Gasteiger partial charge in [-0.15, -0.1) is 0 Å². The van der Waals surface area contributed by atoms with Gasteiger partial charge in [-0.3, -0.25) is 0 Å². The van der Waals surface area contributed by atoms with Crippen LogP contribution < -0.4 is 4.90 Å². The van der Waals surface area contributed by atoms with Gasteiger partial charge in [-0.2, -0.15) is 9.90 Å². The first-order valence-corrected chi connectivity index (χ1v) is 16.7. The van der Waals surface area contributed by atoms with Crippen LogP contribution in [0.5, 0.6) is 0 Å². The number of hydrogen-bond donors (Lipinski definition) is 0. The molecule has 0 aliphatic heterocycles. The average Bonchev–Trinajstić information content (AvgIpc) is 3.64. The first-order chi connectivity index (χ1) is 23.5. The molecule has 0 saturated carbocycles. The van der Waals surface area contributed by atoms with Gasteiger partial charge in [0.05, 0.1) is 5.52 Å². The number of hydrogen-bond acceptors (Lipinski definition) is 1. The second-order valence-corrected chi connectivity index (χ2v) is 13.1. The number of aromatic nitrogens is 1. The van der Waals surface area contributed by atoms with Crippen molar-refractivity contribution >= 4 is 54.2 Å². The molecule has 1 atom stereocenters. The Bertz CT molecular complexity index is 2390. The molecule has 7 aromatic rings. The molecule has 49 heavy (non-hydrogen) atoms. The number of nitrogens with zero attached hydrogens (tertiary/aromatic N) is 2. The molecule has 0 amide bonds. The van der Waals surface area contributed by atoms with Crippen molar-refractivity contribution in [2.75, 3.05) is 4.90 Å². The minimum absolute atomic E-state index is 0. The smallest absolute Gasteiger partial charge is 0.0529 e. The molecule has 1 aliphatic carbocycles. The highest BCUT2D eigenvalue weighted by Gasteiger charge is 2.38. The summed E-state index contributed by atoms with van der Waals surface area (Å²) in [4.78, 5) is 2.39. The number of allylic oxidation sites excluding steroid dienone is 5. The molecule has 0 N–H and O–H groups in total. The van der Waals surface area contributed by atoms with E-state index in [0.29, 0.717) is 0 Å². The maximum Gasteiger partial charge on any atom is 0.0529 e. The van der Waals surface area contributed by atoms with Gasteiger partial charge in [0.2, 0.25) is 0 Å². The van der Waals surface area contributed by atoms with Gasteiger partial charge < -0.3 is 9.47 Å². The van der Waals surface area contributed by atoms with Crippen LogP contribution >= 0.6 is 9.90 Å². The Hall–Kier alpha value is -5.43. The summed E-state index contributed by atoms with van der Waals surface area (Å²) in [6, 6.07) is 50.8. The van der Waals surface area contributed by atoms with Crippen LogP contribution in [0.15, 0.2) is 176 Å². The van der Waals surface area contributed by atoms with E-state index in [1.54, 1.807) is 0 Å². The van der Waals surface area contributed by atoms with Gasteiger partial charge >= 0.3 is 0 Å². The number of rotatable bonds is 6. The molecule has 0 radical (unpaired) electrons. The number of para-hydroxylation sites is 1. The summed E-state index contributed by atoms with van der Waals surface area (Å²) in [7, 11) is 0. The van der Waals surface area contributed by atoms with E-state index in [1.165, 1.54) is 55.1 Å². The van der Waals surface area contributed by atoms with E-state index in [1.807, 2.05) is 6.08 Å². The lowest BCUT2D eigenvalue weighted by Gasteiger charge is -2.28. The van der Waals surface area contributed by atoms with Crippen LogP contribution in [-0.2, 0) is 5.41 Å². The minimum Gasteiger partial charge on any atom is -0.317 e. The third-order valence-electron chi connectivity index (χ3n) is 9.94. The number of anilines is 3. The molecule has 0 fully saturated rings. The third kappa shape index (κ3) is 5.53. The van der Waals surface area contributed by atoms with Crippen LogP contribution in [0.1, 0.15) is 31.9 Å². The molecule has 6 aromatic carbocycles. The summed E-state index contributed by atoms with van der Waals surface area (Å²) in [5.41, 5.74) is 13.2. The molecule has 240 valence electrons. The van der Waals surface area contributed by atoms with Crippen LogP contribution in [0.25, 0.3) is 44.1 Å². The van der Waals surface area contributed by atoms with E-state index in [0.717, 1.165) is 22.7 Å². The van der Waals surface area contributed by atoms with E-state index in [2.05, 4.69) is 195 Å². The maximum atomic E-state index is 4.02. The zero-order valence-electron chi connectivity index (χ0n) is 28.4. The van der Waals surface area contributed by atoms with Gasteiger partial charge in [0, 0.05) is 39.7 Å². The van der Waals surface area contributed by atoms with Crippen molar-refractivity contribution in [2.24, 2.45) is 0 Å². The molecule has 0 bridgehead atoms. The molecule has 2 nitrogen and oxygen atoms in total. The van der Waals surface area contributed by atoms with Gasteiger partial charge in [0.1, 0.15) is 0 Å². The van der Waals surface area contributed by atoms with E-state index in [4.69, 9.17) is 0 Å². The number of benzene rings is 6. The zero-order valence-corrected chi connectivity index (χ0v) is 29.8. The molecular weight excluding hydrogens is 611 g/mol. The Morgan fingerprint density at radius 3 is 2.06 bits per heavy atom. The van der Waals surface area contributed by atoms with Crippen molar-refractivity contribution in [1.29, 1.82) is 0 Å². The normalized spacial score (nSPS) is 15.0. The average molecular weight is 653 g/mol. The predicted molar refractivity (Wildman–Crippen MR) is 217 cm³/mol. The summed E-state index contributed by atoms with van der Waals surface area (Å²) < 4.78 is 2.26. The van der Waals surface area contributed by atoms with Crippen molar-refractivity contribution in [1.82, 2.24) is 4.57 Å². The van der Waals surface area contributed by atoms with Crippen molar-refractivity contribution < 1.29 is 0 Å². The quantitative estimate of drug-likeness (QED) is 0.162. The molecule has 0 saturated heterocycles. The Morgan fingerprint density at radius 2 is 1.31 bits per heavy atom. The minimum atomic E-state index is -0.149. The SMILES string of the molecule is C=C/C=C1\C(=C/C)c2ccc(N(c3ccc(-c4ccc5ccccc5c4)cc3)c3ccc4c(ccn4-c4ccccc4)c3)cc2C1(C)C.P. The highest BCUT2D eigenvalue weighted by atomic mass is 31.0. The van der Waals surface area contributed by atoms with Gasteiger partial charge in [-0.25, -0.2) is 0 Å². The van der Waals surface area contributed by atoms with Crippen molar-refractivity contribution in [2.45, 2.75) is 26.2 Å². The Morgan fingerprint density at radius 1 is 0.633 bits per heavy atom. The van der Waals surface area contributed by atoms with E-state index in [9.17, 15) is 0 Å². The fourth-order valence-electron chi connectivity index (χ4n) is 7.48. The fraction of sp³-hybridized carbons (Fsp3) is 0.0870. The Kier molecular flexibility index (Phi) is 8.45. The van der Waals surface area contributed by atoms with Crippen molar-refractivity contribution in [3.05, 3.63) is 187 Å². The lowest BCUT2D eigenvalue weighted by atomic mass is 9.81. The topological polar surface area (TPSA) is 8.17 Å². The van der Waals surface area contributed by atoms with Crippen LogP contribution in [0.2, 0.25) is 0 Å². The standard InChI is InChI=1S/C46H38N2.H3P/c1-5-12-43-41(6-2)42-25-23-40(31-44(42)46(43,3)4)48(39-24-26-45-36(30-39)27-28-47(45)37-15-8-7-9-16-37)38-21-19-33(20-22-38)35-18-17-32-13-10-11-14-34(32)29-35;/h5-31H,1H2,2-4H3;1H3/b41-6-,43-12+;. The first-order valence-electron chi connectivity index (χ1n) is 16.7. The summed E-state index contributed by atoms with van der Waals surface area (Å²) in [5.74, 6) is 0. The molecule has 3 heteroatoms. The molecule has 1 aliphatic rings. The van der Waals surface area contributed by atoms with Crippen molar-refractivity contribution in [3.8, 4) is 16.8 Å². The van der Waals surface area contributed by atoms with Gasteiger partial charge in [0.25, 0.3) is 0 Å². The van der Waals surface area contributed by atoms with Crippen LogP contribution in [0.3, 0.4) is 0 Å². The van der Waals surface area contributed by atoms with E-state index < -0.39 is 0 Å². The largest absolute Gasteiger partial charge is 0.317 e. The van der Waals surface area contributed by atoms with Crippen LogP contribution in [-0.4, -0.2) is 4.57 Å². The molecule has 8 rings (SSSR count). The maximum absolute atomic E-state index is 4.02. The highest BCUT2D eigenvalue weighted by Crippen LogP contribution is 2.51. The Balaban J connectivity index is 0.00000378. The van der Waals surface area contributed by atoms with Gasteiger partial charge in [-0.05, 0) is 118 Å². The fourth-order valence-corrected chi connectivity index (χ4v) is 7.48. The summed E-state index contributed by atoms with van der Waals surface area (Å²) in [5, 5.41) is 3.71. The highest BCUT2D eigenvalue weighted by molar-refractivity contribution is 6.92. The number of fused-ring (bicyclic) bond motifs is 3. The first kappa shape index (κ1) is 32.1. The van der Waals surface area contributed by atoms with E-state index >= 15 is 0 Å². The van der Waals surface area contributed by atoms with Crippen LogP contribution in [0, 0.1) is 0 Å². The van der Waals surface area contributed by atoms with Gasteiger partial charge in [0.15, 0.2) is 0 Å². The van der Waals surface area contributed by atoms with Gasteiger partial charge in [-0.1, -0.05) is 111 Å². The van der Waals surface area contributed by atoms with Crippen LogP contribution in [0.4, 0.5) is 17.1 Å². The summed E-state index contributed by atoms with van der Waals surface area (Å²) >= 11 is 0. The second kappa shape index (κ2) is 12.9. The zero-order chi connectivity index (χ0) is 32.8. The Labute approximate surface area is 293 Å². The second-order valence-electron chi connectivity index (χ2n) is 13.1. The lowest BCUT2D eigenvalue weighted by Crippen LogP contribution is -2.16. The molecule has 1 aromatic heterocycles. The lowest BCUT2D eigenvalue weighted by molar-refractivity contribution is 0.661. The summed E-state index contributed by atoms with van der Waals surface area (Å²) in [6.07, 6.45) is 8.48.